The van der Waals surface area contributed by atoms with Crippen molar-refractivity contribution >= 4 is 27.2 Å². The van der Waals surface area contributed by atoms with Crippen molar-refractivity contribution in [3.8, 4) is 0 Å². The molecule has 0 atom stereocenters. The summed E-state index contributed by atoms with van der Waals surface area (Å²) in [6.45, 7) is 0.385. The summed E-state index contributed by atoms with van der Waals surface area (Å²) in [6.07, 6.45) is 3.98. The summed E-state index contributed by atoms with van der Waals surface area (Å²) < 4.78 is 3.18. The van der Waals surface area contributed by atoms with E-state index >= 15 is 0 Å². The van der Waals surface area contributed by atoms with Crippen molar-refractivity contribution in [3.05, 3.63) is 65.8 Å². The molecule has 3 aromatic rings. The number of carbonyl (C=O) groups excluding carboxylic acids is 1. The SMILES string of the molecule is O=C(C[n+]1ccc2sccc2c1)c1ccccc1.[Br-]. The summed E-state index contributed by atoms with van der Waals surface area (Å²) in [5, 5.41) is 3.25. The van der Waals surface area contributed by atoms with Crippen LogP contribution in [0.3, 0.4) is 0 Å². The van der Waals surface area contributed by atoms with Crippen molar-refractivity contribution in [1.82, 2.24) is 0 Å². The van der Waals surface area contributed by atoms with Gasteiger partial charge in [0.2, 0.25) is 12.3 Å². The normalized spacial score (nSPS) is 10.1. The quantitative estimate of drug-likeness (QED) is 0.491. The van der Waals surface area contributed by atoms with E-state index in [1.807, 2.05) is 47.3 Å². The van der Waals surface area contributed by atoms with E-state index in [0.717, 1.165) is 5.56 Å². The lowest BCUT2D eigenvalue weighted by atomic mass is 10.1. The van der Waals surface area contributed by atoms with Crippen molar-refractivity contribution in [2.45, 2.75) is 6.54 Å². The Hall–Kier alpha value is -1.52. The molecule has 3 rings (SSSR count). The number of benzene rings is 1. The Bertz CT molecular complexity index is 693. The molecule has 0 aliphatic carbocycles. The van der Waals surface area contributed by atoms with Crippen LogP contribution in [0.4, 0.5) is 0 Å². The number of rotatable bonds is 3. The number of hydrogen-bond acceptors (Lipinski definition) is 2. The molecule has 0 fully saturated rings. The summed E-state index contributed by atoms with van der Waals surface area (Å²) in [5.41, 5.74) is 0.760. The van der Waals surface area contributed by atoms with Gasteiger partial charge in [0.1, 0.15) is 0 Å². The first-order valence-electron chi connectivity index (χ1n) is 5.77. The van der Waals surface area contributed by atoms with Crippen LogP contribution in [0, 0.1) is 0 Å². The first-order chi connectivity index (χ1) is 8.83. The van der Waals surface area contributed by atoms with E-state index < -0.39 is 0 Å². The molecule has 96 valence electrons. The minimum absolute atomic E-state index is 0. The number of nitrogens with zero attached hydrogens (tertiary/aromatic N) is 1. The zero-order chi connectivity index (χ0) is 12.4. The van der Waals surface area contributed by atoms with Crippen molar-refractivity contribution < 1.29 is 26.3 Å². The highest BCUT2D eigenvalue weighted by molar-refractivity contribution is 7.17. The predicted molar refractivity (Wildman–Crippen MR) is 72.8 cm³/mol. The zero-order valence-corrected chi connectivity index (χ0v) is 12.5. The first-order valence-corrected chi connectivity index (χ1v) is 6.65. The molecule has 0 aliphatic rings. The van der Waals surface area contributed by atoms with Gasteiger partial charge in [-0.15, -0.1) is 11.3 Å². The van der Waals surface area contributed by atoms with E-state index in [0.29, 0.717) is 6.54 Å². The van der Waals surface area contributed by atoms with E-state index in [9.17, 15) is 4.79 Å². The highest BCUT2D eigenvalue weighted by Gasteiger charge is 2.12. The molecule has 1 aromatic carbocycles. The van der Waals surface area contributed by atoms with E-state index in [1.165, 1.54) is 10.1 Å². The Balaban J connectivity index is 0.00000133. The molecule has 2 nitrogen and oxygen atoms in total. The molecule has 0 unspecified atom stereocenters. The van der Waals surface area contributed by atoms with Gasteiger partial charge in [0, 0.05) is 16.3 Å². The molecule has 4 heteroatoms. The molecular weight excluding hydrogens is 322 g/mol. The third-order valence-electron chi connectivity index (χ3n) is 2.87. The van der Waals surface area contributed by atoms with Crippen LogP contribution in [0.2, 0.25) is 0 Å². The standard InChI is InChI=1S/C15H12NOS.BrH/c17-14(12-4-2-1-3-5-12)11-16-8-6-15-13(10-16)7-9-18-15;/h1-10H,11H2;1H/q+1;/p-1. The topological polar surface area (TPSA) is 20.9 Å². The second-order valence-electron chi connectivity index (χ2n) is 4.15. The first kappa shape index (κ1) is 13.9. The monoisotopic (exact) mass is 333 g/mol. The van der Waals surface area contributed by atoms with Crippen LogP contribution in [-0.4, -0.2) is 5.78 Å². The molecule has 2 heterocycles. The summed E-state index contributed by atoms with van der Waals surface area (Å²) in [6, 6.07) is 13.5. The molecule has 0 saturated heterocycles. The number of Topliss-reactive ketones (excluding diaryl/α,β-unsaturated/α-hetero) is 1. The lowest BCUT2D eigenvalue weighted by Crippen LogP contribution is -3.00. The van der Waals surface area contributed by atoms with Crippen molar-refractivity contribution in [1.29, 1.82) is 0 Å². The highest BCUT2D eigenvalue weighted by atomic mass is 79.9. The van der Waals surface area contributed by atoms with E-state index in [4.69, 9.17) is 0 Å². The second-order valence-corrected chi connectivity index (χ2v) is 5.09. The lowest BCUT2D eigenvalue weighted by molar-refractivity contribution is -0.681. The van der Waals surface area contributed by atoms with Gasteiger partial charge < -0.3 is 17.0 Å². The third-order valence-corrected chi connectivity index (χ3v) is 3.77. The van der Waals surface area contributed by atoms with Crippen LogP contribution in [0.25, 0.3) is 10.1 Å². The van der Waals surface area contributed by atoms with Crippen molar-refractivity contribution in [2.75, 3.05) is 0 Å². The Morgan fingerprint density at radius 2 is 1.89 bits per heavy atom. The van der Waals surface area contributed by atoms with Gasteiger partial charge in [-0.3, -0.25) is 4.79 Å². The second kappa shape index (κ2) is 6.08. The Morgan fingerprint density at radius 1 is 1.11 bits per heavy atom. The van der Waals surface area contributed by atoms with E-state index in [1.54, 1.807) is 11.3 Å². The summed E-state index contributed by atoms with van der Waals surface area (Å²) in [4.78, 5) is 12.1. The summed E-state index contributed by atoms with van der Waals surface area (Å²) in [7, 11) is 0. The summed E-state index contributed by atoms with van der Waals surface area (Å²) >= 11 is 1.71. The van der Waals surface area contributed by atoms with Gasteiger partial charge in [-0.05, 0) is 11.4 Å². The minimum atomic E-state index is 0. The maximum absolute atomic E-state index is 12.1. The zero-order valence-electron chi connectivity index (χ0n) is 10.1. The largest absolute Gasteiger partial charge is 1.00 e. The average molecular weight is 334 g/mol. The molecule has 2 aromatic heterocycles. The van der Waals surface area contributed by atoms with E-state index in [-0.39, 0.29) is 22.8 Å². The number of thiophene rings is 1. The lowest BCUT2D eigenvalue weighted by Gasteiger charge is -1.98. The third kappa shape index (κ3) is 3.08. The molecule has 0 spiro atoms. The highest BCUT2D eigenvalue weighted by Crippen LogP contribution is 2.17. The Kier molecular flexibility index (Phi) is 4.45. The number of halogens is 1. The maximum atomic E-state index is 12.1. The van der Waals surface area contributed by atoms with Crippen LogP contribution in [-0.2, 0) is 6.54 Å². The number of aromatic nitrogens is 1. The number of carbonyl (C=O) groups is 1. The van der Waals surface area contributed by atoms with Gasteiger partial charge in [0.05, 0.1) is 5.39 Å². The minimum Gasteiger partial charge on any atom is -1.00 e. The van der Waals surface area contributed by atoms with Gasteiger partial charge in [-0.1, -0.05) is 30.3 Å². The number of ketones is 1. The van der Waals surface area contributed by atoms with Gasteiger partial charge in [-0.25, -0.2) is 0 Å². The molecule has 0 bridgehead atoms. The van der Waals surface area contributed by atoms with Gasteiger partial charge in [0.25, 0.3) is 0 Å². The van der Waals surface area contributed by atoms with Crippen LogP contribution in [0.15, 0.2) is 60.2 Å². The van der Waals surface area contributed by atoms with E-state index in [2.05, 4.69) is 17.5 Å². The summed E-state index contributed by atoms with van der Waals surface area (Å²) in [5.74, 6) is 0.134. The van der Waals surface area contributed by atoms with Gasteiger partial charge in [0.15, 0.2) is 12.4 Å². The van der Waals surface area contributed by atoms with Crippen molar-refractivity contribution in [2.24, 2.45) is 0 Å². The molecule has 19 heavy (non-hydrogen) atoms. The number of hydrogen-bond donors (Lipinski definition) is 0. The predicted octanol–water partition coefficient (Wildman–Crippen LogP) is 0.0757. The molecular formula is C15H12BrNOS. The fourth-order valence-electron chi connectivity index (χ4n) is 1.94. The number of pyridine rings is 1. The molecule has 0 amide bonds. The van der Waals surface area contributed by atoms with Gasteiger partial charge >= 0.3 is 0 Å². The van der Waals surface area contributed by atoms with Crippen LogP contribution < -0.4 is 21.5 Å². The number of fused-ring (bicyclic) bond motifs is 1. The van der Waals surface area contributed by atoms with Gasteiger partial charge in [-0.2, -0.15) is 4.57 Å². The molecule has 0 aliphatic heterocycles. The van der Waals surface area contributed by atoms with Crippen LogP contribution >= 0.6 is 11.3 Å². The molecule has 0 N–H and O–H groups in total. The maximum Gasteiger partial charge on any atom is 0.227 e. The average Bonchev–Trinajstić information content (AvgIpc) is 2.87. The fraction of sp³-hybridized carbons (Fsp3) is 0.0667. The molecule has 0 radical (unpaired) electrons. The smallest absolute Gasteiger partial charge is 0.227 e. The van der Waals surface area contributed by atoms with Crippen LogP contribution in [0.5, 0.6) is 0 Å². The Labute approximate surface area is 126 Å². The van der Waals surface area contributed by atoms with Crippen LogP contribution in [0.1, 0.15) is 10.4 Å². The Morgan fingerprint density at radius 3 is 2.68 bits per heavy atom. The molecule has 0 saturated carbocycles. The fourth-order valence-corrected chi connectivity index (χ4v) is 2.70. The van der Waals surface area contributed by atoms with Crippen molar-refractivity contribution in [3.63, 3.8) is 0 Å².